The maximum absolute atomic E-state index is 11.2. The monoisotopic (exact) mass is 252 g/mol. The third kappa shape index (κ3) is 3.97. The maximum atomic E-state index is 11.2. The Balaban J connectivity index is 2.88. The average Bonchev–Trinajstić information content (AvgIpc) is 2.28. The van der Waals surface area contributed by atoms with E-state index in [9.17, 15) is 9.59 Å². The molecule has 1 rings (SSSR count). The Hall–Kier alpha value is -2.24. The van der Waals surface area contributed by atoms with Crippen molar-refractivity contribution in [3.05, 3.63) is 18.2 Å². The highest BCUT2D eigenvalue weighted by molar-refractivity contribution is 5.92. The molecule has 1 aromatic carbocycles. The number of carbonyl (C=O) groups excluding carboxylic acids is 2. The lowest BCUT2D eigenvalue weighted by atomic mass is 10.2. The zero-order valence-electron chi connectivity index (χ0n) is 10.6. The van der Waals surface area contributed by atoms with Crippen molar-refractivity contribution in [1.29, 1.82) is 0 Å². The lowest BCUT2D eigenvalue weighted by Crippen LogP contribution is -2.14. The second kappa shape index (κ2) is 6.48. The van der Waals surface area contributed by atoms with Crippen LogP contribution in [0.5, 0.6) is 5.75 Å². The van der Waals surface area contributed by atoms with Crippen LogP contribution in [0.1, 0.15) is 13.8 Å². The molecule has 0 radical (unpaired) electrons. The van der Waals surface area contributed by atoms with E-state index in [1.165, 1.54) is 14.0 Å². The van der Waals surface area contributed by atoms with Crippen LogP contribution in [0, 0.1) is 0 Å². The molecule has 0 unspecified atom stereocenters. The third-order valence-corrected chi connectivity index (χ3v) is 2.03. The summed E-state index contributed by atoms with van der Waals surface area (Å²) >= 11 is 0. The second-order valence-corrected chi connectivity index (χ2v) is 3.44. The molecule has 0 spiro atoms. The predicted octanol–water partition coefficient (Wildman–Crippen LogP) is 2.22. The molecule has 18 heavy (non-hydrogen) atoms. The Kier molecular flexibility index (Phi) is 4.98. The number of amides is 2. The maximum Gasteiger partial charge on any atom is 0.411 e. The number of nitrogens with one attached hydrogen (secondary N) is 2. The Bertz CT molecular complexity index is 446. The molecule has 0 bridgehead atoms. The minimum absolute atomic E-state index is 0.221. The van der Waals surface area contributed by atoms with E-state index in [1.54, 1.807) is 25.1 Å². The van der Waals surface area contributed by atoms with Gasteiger partial charge in [-0.05, 0) is 25.1 Å². The zero-order valence-corrected chi connectivity index (χ0v) is 10.6. The van der Waals surface area contributed by atoms with Crippen molar-refractivity contribution in [3.8, 4) is 5.75 Å². The number of hydrogen-bond donors (Lipinski definition) is 2. The van der Waals surface area contributed by atoms with Crippen molar-refractivity contribution < 1.29 is 19.1 Å². The number of anilines is 2. The van der Waals surface area contributed by atoms with E-state index >= 15 is 0 Å². The molecule has 0 saturated carbocycles. The van der Waals surface area contributed by atoms with Crippen LogP contribution < -0.4 is 15.4 Å². The van der Waals surface area contributed by atoms with Gasteiger partial charge in [0.2, 0.25) is 5.91 Å². The first-order chi connectivity index (χ1) is 8.56. The van der Waals surface area contributed by atoms with Crippen LogP contribution in [-0.4, -0.2) is 25.7 Å². The molecule has 0 aliphatic rings. The van der Waals surface area contributed by atoms with Crippen molar-refractivity contribution in [2.24, 2.45) is 0 Å². The summed E-state index contributed by atoms with van der Waals surface area (Å²) in [6, 6.07) is 4.89. The Morgan fingerprint density at radius 2 is 2.00 bits per heavy atom. The molecule has 6 nitrogen and oxygen atoms in total. The van der Waals surface area contributed by atoms with E-state index in [2.05, 4.69) is 10.6 Å². The summed E-state index contributed by atoms with van der Waals surface area (Å²) in [4.78, 5) is 22.3. The lowest BCUT2D eigenvalue weighted by Gasteiger charge is -2.11. The highest BCUT2D eigenvalue weighted by Gasteiger charge is 2.08. The topological polar surface area (TPSA) is 76.7 Å². The van der Waals surface area contributed by atoms with Gasteiger partial charge in [0, 0.05) is 12.6 Å². The van der Waals surface area contributed by atoms with Gasteiger partial charge in [-0.1, -0.05) is 0 Å². The number of methoxy groups -OCH3 is 1. The van der Waals surface area contributed by atoms with Crippen molar-refractivity contribution in [2.45, 2.75) is 13.8 Å². The molecule has 0 heterocycles. The van der Waals surface area contributed by atoms with Gasteiger partial charge >= 0.3 is 6.09 Å². The molecule has 0 saturated heterocycles. The van der Waals surface area contributed by atoms with Gasteiger partial charge in [0.15, 0.2) is 0 Å². The molecule has 0 aliphatic carbocycles. The summed E-state index contributed by atoms with van der Waals surface area (Å²) in [5, 5.41) is 5.15. The van der Waals surface area contributed by atoms with Crippen LogP contribution in [0.25, 0.3) is 0 Å². The van der Waals surface area contributed by atoms with E-state index < -0.39 is 6.09 Å². The number of ether oxygens (including phenoxy) is 2. The van der Waals surface area contributed by atoms with Crippen LogP contribution in [0.4, 0.5) is 16.2 Å². The lowest BCUT2D eigenvalue weighted by molar-refractivity contribution is -0.114. The van der Waals surface area contributed by atoms with Crippen LogP contribution in [0.3, 0.4) is 0 Å². The summed E-state index contributed by atoms with van der Waals surface area (Å²) in [6.45, 7) is 3.40. The Morgan fingerprint density at radius 3 is 2.56 bits per heavy atom. The normalized spacial score (nSPS) is 9.50. The predicted molar refractivity (Wildman–Crippen MR) is 67.9 cm³/mol. The van der Waals surface area contributed by atoms with Crippen LogP contribution >= 0.6 is 0 Å². The Labute approximate surface area is 105 Å². The van der Waals surface area contributed by atoms with Gasteiger partial charge in [-0.15, -0.1) is 0 Å². The molecule has 1 aromatic rings. The molecule has 2 amide bonds. The van der Waals surface area contributed by atoms with Crippen LogP contribution in [0.2, 0.25) is 0 Å². The average molecular weight is 252 g/mol. The quantitative estimate of drug-likeness (QED) is 0.861. The molecule has 0 aliphatic heterocycles. The molecule has 2 N–H and O–H groups in total. The third-order valence-electron chi connectivity index (χ3n) is 2.03. The molecule has 0 atom stereocenters. The van der Waals surface area contributed by atoms with Gasteiger partial charge in [0.25, 0.3) is 0 Å². The molecule has 6 heteroatoms. The van der Waals surface area contributed by atoms with Gasteiger partial charge < -0.3 is 14.8 Å². The fourth-order valence-corrected chi connectivity index (χ4v) is 1.36. The van der Waals surface area contributed by atoms with Crippen molar-refractivity contribution in [1.82, 2.24) is 0 Å². The summed E-state index contributed by atoms with van der Waals surface area (Å²) < 4.78 is 9.85. The second-order valence-electron chi connectivity index (χ2n) is 3.44. The molecule has 0 aromatic heterocycles. The standard InChI is InChI=1S/C12H16N2O4/c1-4-18-12(16)14-9-5-6-11(17-3)10(7-9)13-8(2)15/h5-7H,4H2,1-3H3,(H,13,15)(H,14,16). The molecule has 98 valence electrons. The number of carbonyl (C=O) groups is 2. The highest BCUT2D eigenvalue weighted by Crippen LogP contribution is 2.27. The van der Waals surface area contributed by atoms with Crippen molar-refractivity contribution >= 4 is 23.4 Å². The van der Waals surface area contributed by atoms with E-state index in [4.69, 9.17) is 9.47 Å². The van der Waals surface area contributed by atoms with Gasteiger partial charge in [-0.2, -0.15) is 0 Å². The van der Waals surface area contributed by atoms with Crippen LogP contribution in [0.15, 0.2) is 18.2 Å². The SMILES string of the molecule is CCOC(=O)Nc1ccc(OC)c(NC(C)=O)c1. The number of benzene rings is 1. The number of rotatable bonds is 4. The highest BCUT2D eigenvalue weighted by atomic mass is 16.5. The van der Waals surface area contributed by atoms with E-state index in [0.717, 1.165) is 0 Å². The van der Waals surface area contributed by atoms with E-state index in [1.807, 2.05) is 0 Å². The van der Waals surface area contributed by atoms with Gasteiger partial charge in [0.1, 0.15) is 5.75 Å². The van der Waals surface area contributed by atoms with Crippen molar-refractivity contribution in [3.63, 3.8) is 0 Å². The summed E-state index contributed by atoms with van der Waals surface area (Å²) in [6.07, 6.45) is -0.545. The molecular formula is C12H16N2O4. The molecular weight excluding hydrogens is 236 g/mol. The van der Waals surface area contributed by atoms with Gasteiger partial charge in [-0.25, -0.2) is 4.79 Å². The van der Waals surface area contributed by atoms with Crippen molar-refractivity contribution in [2.75, 3.05) is 24.4 Å². The first-order valence-corrected chi connectivity index (χ1v) is 5.46. The van der Waals surface area contributed by atoms with Gasteiger partial charge in [-0.3, -0.25) is 10.1 Å². The first-order valence-electron chi connectivity index (χ1n) is 5.46. The first kappa shape index (κ1) is 13.8. The minimum atomic E-state index is -0.545. The van der Waals surface area contributed by atoms with E-state index in [-0.39, 0.29) is 5.91 Å². The molecule has 0 fully saturated rings. The number of hydrogen-bond acceptors (Lipinski definition) is 4. The van der Waals surface area contributed by atoms with Crippen LogP contribution in [-0.2, 0) is 9.53 Å². The fourth-order valence-electron chi connectivity index (χ4n) is 1.36. The summed E-state index contributed by atoms with van der Waals surface area (Å²) in [7, 11) is 1.50. The van der Waals surface area contributed by atoms with Gasteiger partial charge in [0.05, 0.1) is 19.4 Å². The Morgan fingerprint density at radius 1 is 1.28 bits per heavy atom. The minimum Gasteiger partial charge on any atom is -0.495 e. The summed E-state index contributed by atoms with van der Waals surface area (Å²) in [5.74, 6) is 0.293. The smallest absolute Gasteiger partial charge is 0.411 e. The zero-order chi connectivity index (χ0) is 13.5. The fraction of sp³-hybridized carbons (Fsp3) is 0.333. The largest absolute Gasteiger partial charge is 0.495 e. The summed E-state index contributed by atoms with van der Waals surface area (Å²) in [5.41, 5.74) is 0.997. The van der Waals surface area contributed by atoms with E-state index in [0.29, 0.717) is 23.7 Å².